The number of fused-ring (bicyclic) bond motifs is 1. The number of aromatic nitrogens is 2. The molecule has 0 spiro atoms. The number of para-hydroxylation sites is 1. The number of carbonyl (C=O) groups excluding carboxylic acids is 2. The number of amides is 2. The molecule has 2 aromatic rings. The third-order valence-electron chi connectivity index (χ3n) is 4.46. The molecule has 2 heterocycles. The van der Waals surface area contributed by atoms with Crippen LogP contribution >= 0.6 is 0 Å². The Balaban J connectivity index is 1.43. The fraction of sp³-hybridized carbons (Fsp3) is 0.389. The largest absolute Gasteiger partial charge is 0.356 e. The first-order valence-corrected chi connectivity index (χ1v) is 8.26. The van der Waals surface area contributed by atoms with E-state index in [0.717, 1.165) is 23.4 Å². The van der Waals surface area contributed by atoms with Gasteiger partial charge in [0.25, 0.3) is 0 Å². The zero-order chi connectivity index (χ0) is 16.9. The van der Waals surface area contributed by atoms with Crippen LogP contribution in [0.3, 0.4) is 0 Å². The van der Waals surface area contributed by atoms with Crippen molar-refractivity contribution in [3.63, 3.8) is 0 Å². The maximum absolute atomic E-state index is 12.1. The Morgan fingerprint density at radius 1 is 1.38 bits per heavy atom. The molecule has 1 aromatic heterocycles. The lowest BCUT2D eigenvalue weighted by atomic mass is 9.89. The molecule has 1 aliphatic rings. The van der Waals surface area contributed by atoms with Gasteiger partial charge in [0.2, 0.25) is 11.8 Å². The summed E-state index contributed by atoms with van der Waals surface area (Å²) in [6.07, 6.45) is 4.13. The molecular weight excluding hydrogens is 304 g/mol. The van der Waals surface area contributed by atoms with Gasteiger partial charge in [0.15, 0.2) is 0 Å². The molecule has 0 radical (unpaired) electrons. The van der Waals surface area contributed by atoms with E-state index in [2.05, 4.69) is 15.7 Å². The number of hydrogen-bond donors (Lipinski definition) is 2. The molecule has 1 aromatic carbocycles. The summed E-state index contributed by atoms with van der Waals surface area (Å²) in [5, 5.41) is 9.93. The van der Waals surface area contributed by atoms with Crippen molar-refractivity contribution in [3.05, 3.63) is 47.8 Å². The van der Waals surface area contributed by atoms with Gasteiger partial charge in [-0.3, -0.25) is 14.3 Å². The van der Waals surface area contributed by atoms with E-state index in [1.807, 2.05) is 37.4 Å². The second kappa shape index (κ2) is 7.29. The van der Waals surface area contributed by atoms with Gasteiger partial charge >= 0.3 is 0 Å². The molecule has 0 saturated carbocycles. The number of nitrogens with zero attached hydrogens (tertiary/aromatic N) is 2. The quantitative estimate of drug-likeness (QED) is 0.848. The number of carbonyl (C=O) groups is 2. The molecule has 2 N–H and O–H groups in total. The average molecular weight is 326 g/mol. The SMILES string of the molecule is Cn1nccc1CCNC(=O)CCC1Cc2ccccc2NC1=O. The van der Waals surface area contributed by atoms with Crippen molar-refractivity contribution in [2.24, 2.45) is 13.0 Å². The number of nitrogens with one attached hydrogen (secondary N) is 2. The van der Waals surface area contributed by atoms with Gasteiger partial charge in [0, 0.05) is 49.9 Å². The third-order valence-corrected chi connectivity index (χ3v) is 4.46. The van der Waals surface area contributed by atoms with E-state index in [1.54, 1.807) is 10.9 Å². The van der Waals surface area contributed by atoms with Gasteiger partial charge in [-0.2, -0.15) is 5.10 Å². The van der Waals surface area contributed by atoms with Crippen LogP contribution in [0.4, 0.5) is 5.69 Å². The minimum atomic E-state index is -0.136. The fourth-order valence-corrected chi connectivity index (χ4v) is 3.02. The molecule has 1 atom stereocenters. The van der Waals surface area contributed by atoms with E-state index in [4.69, 9.17) is 0 Å². The topological polar surface area (TPSA) is 76.0 Å². The highest BCUT2D eigenvalue weighted by Crippen LogP contribution is 2.27. The van der Waals surface area contributed by atoms with Gasteiger partial charge in [-0.15, -0.1) is 0 Å². The first kappa shape index (κ1) is 16.2. The normalized spacial score (nSPS) is 16.4. The smallest absolute Gasteiger partial charge is 0.227 e. The maximum atomic E-state index is 12.1. The second-order valence-corrected chi connectivity index (χ2v) is 6.13. The summed E-state index contributed by atoms with van der Waals surface area (Å²) in [5.74, 6) is -0.136. The van der Waals surface area contributed by atoms with Crippen LogP contribution in [0.2, 0.25) is 0 Å². The Kier molecular flexibility index (Phi) is 4.93. The average Bonchev–Trinajstić information content (AvgIpc) is 2.98. The van der Waals surface area contributed by atoms with Crippen LogP contribution in [0.5, 0.6) is 0 Å². The monoisotopic (exact) mass is 326 g/mol. The second-order valence-electron chi connectivity index (χ2n) is 6.13. The van der Waals surface area contributed by atoms with Crippen molar-refractivity contribution < 1.29 is 9.59 Å². The first-order valence-electron chi connectivity index (χ1n) is 8.26. The molecule has 6 nitrogen and oxygen atoms in total. The summed E-state index contributed by atoms with van der Waals surface area (Å²) >= 11 is 0. The molecule has 2 amide bonds. The predicted octanol–water partition coefficient (Wildman–Crippen LogP) is 1.67. The number of aryl methyl sites for hydroxylation is 1. The number of anilines is 1. The predicted molar refractivity (Wildman–Crippen MR) is 91.4 cm³/mol. The molecule has 0 fully saturated rings. The van der Waals surface area contributed by atoms with Crippen LogP contribution in [0.15, 0.2) is 36.5 Å². The standard InChI is InChI=1S/C18H22N4O2/c1-22-15(9-11-20-22)8-10-19-17(23)7-6-14-12-13-4-2-3-5-16(13)21-18(14)24/h2-5,9,11,14H,6-8,10,12H2,1H3,(H,19,23)(H,21,24). The zero-order valence-electron chi connectivity index (χ0n) is 13.8. The summed E-state index contributed by atoms with van der Waals surface area (Å²) in [4.78, 5) is 24.1. The van der Waals surface area contributed by atoms with Crippen LogP contribution in [-0.4, -0.2) is 28.1 Å². The van der Waals surface area contributed by atoms with Crippen molar-refractivity contribution in [3.8, 4) is 0 Å². The molecular formula is C18H22N4O2. The summed E-state index contributed by atoms with van der Waals surface area (Å²) in [7, 11) is 1.89. The highest BCUT2D eigenvalue weighted by molar-refractivity contribution is 5.96. The summed E-state index contributed by atoms with van der Waals surface area (Å²) in [5.41, 5.74) is 3.11. The Bertz CT molecular complexity index is 738. The fourth-order valence-electron chi connectivity index (χ4n) is 3.02. The van der Waals surface area contributed by atoms with Crippen molar-refractivity contribution in [2.75, 3.05) is 11.9 Å². The van der Waals surface area contributed by atoms with E-state index < -0.39 is 0 Å². The van der Waals surface area contributed by atoms with Crippen LogP contribution < -0.4 is 10.6 Å². The molecule has 1 aliphatic heterocycles. The highest BCUT2D eigenvalue weighted by atomic mass is 16.2. The van der Waals surface area contributed by atoms with Crippen LogP contribution in [0.25, 0.3) is 0 Å². The van der Waals surface area contributed by atoms with E-state index >= 15 is 0 Å². The van der Waals surface area contributed by atoms with Crippen molar-refractivity contribution >= 4 is 17.5 Å². The Morgan fingerprint density at radius 3 is 3.00 bits per heavy atom. The molecule has 126 valence electrons. The van der Waals surface area contributed by atoms with Gasteiger partial charge in [-0.05, 0) is 30.5 Å². The molecule has 6 heteroatoms. The zero-order valence-corrected chi connectivity index (χ0v) is 13.8. The molecule has 1 unspecified atom stereocenters. The maximum Gasteiger partial charge on any atom is 0.227 e. The van der Waals surface area contributed by atoms with Gasteiger partial charge in [-0.1, -0.05) is 18.2 Å². The van der Waals surface area contributed by atoms with Gasteiger partial charge in [0.05, 0.1) is 0 Å². The van der Waals surface area contributed by atoms with E-state index in [0.29, 0.717) is 25.8 Å². The Labute approximate surface area is 141 Å². The summed E-state index contributed by atoms with van der Waals surface area (Å²) in [6.45, 7) is 0.581. The lowest BCUT2D eigenvalue weighted by Gasteiger charge is -2.24. The molecule has 3 rings (SSSR count). The summed E-state index contributed by atoms with van der Waals surface area (Å²) < 4.78 is 1.80. The minimum absolute atomic E-state index is 0.0103. The lowest BCUT2D eigenvalue weighted by Crippen LogP contribution is -2.32. The Hall–Kier alpha value is -2.63. The lowest BCUT2D eigenvalue weighted by molar-refractivity contribution is -0.122. The van der Waals surface area contributed by atoms with Crippen molar-refractivity contribution in [1.29, 1.82) is 0 Å². The van der Waals surface area contributed by atoms with Gasteiger partial charge < -0.3 is 10.6 Å². The van der Waals surface area contributed by atoms with E-state index in [-0.39, 0.29) is 17.7 Å². The molecule has 24 heavy (non-hydrogen) atoms. The third kappa shape index (κ3) is 3.82. The first-order chi connectivity index (χ1) is 11.6. The van der Waals surface area contributed by atoms with Crippen molar-refractivity contribution in [2.45, 2.75) is 25.7 Å². The van der Waals surface area contributed by atoms with Crippen molar-refractivity contribution in [1.82, 2.24) is 15.1 Å². The van der Waals surface area contributed by atoms with E-state index in [1.165, 1.54) is 0 Å². The van der Waals surface area contributed by atoms with Crippen LogP contribution in [0, 0.1) is 5.92 Å². The Morgan fingerprint density at radius 2 is 2.21 bits per heavy atom. The van der Waals surface area contributed by atoms with Crippen LogP contribution in [0.1, 0.15) is 24.1 Å². The minimum Gasteiger partial charge on any atom is -0.356 e. The molecule has 0 saturated heterocycles. The number of hydrogen-bond acceptors (Lipinski definition) is 3. The van der Waals surface area contributed by atoms with Gasteiger partial charge in [0.1, 0.15) is 0 Å². The van der Waals surface area contributed by atoms with Crippen LogP contribution in [-0.2, 0) is 29.5 Å². The number of benzene rings is 1. The highest BCUT2D eigenvalue weighted by Gasteiger charge is 2.26. The van der Waals surface area contributed by atoms with E-state index in [9.17, 15) is 9.59 Å². The summed E-state index contributed by atoms with van der Waals surface area (Å²) in [6, 6.07) is 9.76. The van der Waals surface area contributed by atoms with Gasteiger partial charge in [-0.25, -0.2) is 0 Å². The number of rotatable bonds is 6. The molecule has 0 bridgehead atoms. The molecule has 0 aliphatic carbocycles.